The highest BCUT2D eigenvalue weighted by molar-refractivity contribution is 6.25. The second-order valence-corrected chi connectivity index (χ2v) is 2.67. The molecule has 0 aromatic carbocycles. The molecule has 0 bridgehead atoms. The van der Waals surface area contributed by atoms with Gasteiger partial charge in [0.1, 0.15) is 0 Å². The lowest BCUT2D eigenvalue weighted by molar-refractivity contribution is 0.199. The SMILES string of the molecule is COCCNCCC(C)=CCl. The number of halogens is 1. The van der Waals surface area contributed by atoms with Crippen LogP contribution in [0.5, 0.6) is 0 Å². The molecule has 2 nitrogen and oxygen atoms in total. The molecular formula is C8H16ClNO. The van der Waals surface area contributed by atoms with E-state index in [1.165, 1.54) is 5.57 Å². The fraction of sp³-hybridized carbons (Fsp3) is 0.750. The number of rotatable bonds is 6. The summed E-state index contributed by atoms with van der Waals surface area (Å²) in [5.41, 5.74) is 2.83. The fourth-order valence-corrected chi connectivity index (χ4v) is 0.748. The zero-order valence-electron chi connectivity index (χ0n) is 7.19. The summed E-state index contributed by atoms with van der Waals surface area (Å²) in [4.78, 5) is 0. The predicted octanol–water partition coefficient (Wildman–Crippen LogP) is 1.76. The van der Waals surface area contributed by atoms with Gasteiger partial charge in [0.25, 0.3) is 0 Å². The molecule has 0 saturated heterocycles. The second-order valence-electron chi connectivity index (χ2n) is 2.45. The normalized spacial score (nSPS) is 12.1. The van der Waals surface area contributed by atoms with Crippen LogP contribution in [0.15, 0.2) is 11.1 Å². The van der Waals surface area contributed by atoms with Gasteiger partial charge in [-0.25, -0.2) is 0 Å². The van der Waals surface area contributed by atoms with E-state index in [1.54, 1.807) is 12.6 Å². The quantitative estimate of drug-likeness (QED) is 0.625. The van der Waals surface area contributed by atoms with Crippen LogP contribution in [-0.2, 0) is 4.74 Å². The van der Waals surface area contributed by atoms with E-state index in [-0.39, 0.29) is 0 Å². The Morgan fingerprint density at radius 1 is 1.55 bits per heavy atom. The van der Waals surface area contributed by atoms with Crippen LogP contribution in [-0.4, -0.2) is 26.8 Å². The highest BCUT2D eigenvalue weighted by atomic mass is 35.5. The molecule has 0 fully saturated rings. The molecule has 0 heterocycles. The highest BCUT2D eigenvalue weighted by Gasteiger charge is 1.88. The van der Waals surface area contributed by atoms with Crippen LogP contribution in [0.2, 0.25) is 0 Å². The van der Waals surface area contributed by atoms with Gasteiger partial charge in [-0.1, -0.05) is 17.2 Å². The average Bonchev–Trinajstić information content (AvgIpc) is 2.04. The Hall–Kier alpha value is -0.0500. The molecule has 0 atom stereocenters. The molecule has 0 radical (unpaired) electrons. The van der Waals surface area contributed by atoms with E-state index in [0.717, 1.165) is 26.1 Å². The van der Waals surface area contributed by atoms with Gasteiger partial charge in [0, 0.05) is 19.2 Å². The smallest absolute Gasteiger partial charge is 0.0587 e. The van der Waals surface area contributed by atoms with Crippen LogP contribution < -0.4 is 5.32 Å². The van der Waals surface area contributed by atoms with Crippen LogP contribution in [0.3, 0.4) is 0 Å². The summed E-state index contributed by atoms with van der Waals surface area (Å²) >= 11 is 5.48. The maximum absolute atomic E-state index is 5.48. The molecule has 0 aliphatic rings. The average molecular weight is 178 g/mol. The van der Waals surface area contributed by atoms with Crippen molar-refractivity contribution in [1.29, 1.82) is 0 Å². The van der Waals surface area contributed by atoms with Gasteiger partial charge in [0.2, 0.25) is 0 Å². The first kappa shape index (κ1) is 11.0. The van der Waals surface area contributed by atoms with Gasteiger partial charge >= 0.3 is 0 Å². The predicted molar refractivity (Wildman–Crippen MR) is 49.0 cm³/mol. The third-order valence-corrected chi connectivity index (χ3v) is 1.74. The summed E-state index contributed by atoms with van der Waals surface area (Å²) in [5, 5.41) is 3.23. The lowest BCUT2D eigenvalue weighted by Crippen LogP contribution is -2.20. The lowest BCUT2D eigenvalue weighted by Gasteiger charge is -2.02. The Bertz CT molecular complexity index is 115. The van der Waals surface area contributed by atoms with Crippen molar-refractivity contribution in [2.75, 3.05) is 26.8 Å². The van der Waals surface area contributed by atoms with Crippen molar-refractivity contribution in [3.63, 3.8) is 0 Å². The maximum atomic E-state index is 5.48. The first-order valence-corrected chi connectivity index (χ1v) is 4.20. The van der Waals surface area contributed by atoms with Crippen molar-refractivity contribution in [1.82, 2.24) is 5.32 Å². The van der Waals surface area contributed by atoms with E-state index in [4.69, 9.17) is 16.3 Å². The zero-order chi connectivity index (χ0) is 8.53. The lowest BCUT2D eigenvalue weighted by atomic mass is 10.2. The van der Waals surface area contributed by atoms with Crippen molar-refractivity contribution < 1.29 is 4.74 Å². The minimum absolute atomic E-state index is 0.767. The zero-order valence-corrected chi connectivity index (χ0v) is 7.95. The van der Waals surface area contributed by atoms with Crippen molar-refractivity contribution >= 4 is 11.6 Å². The van der Waals surface area contributed by atoms with E-state index in [1.807, 2.05) is 6.92 Å². The second kappa shape index (κ2) is 8.05. The van der Waals surface area contributed by atoms with Gasteiger partial charge in [-0.05, 0) is 19.9 Å². The van der Waals surface area contributed by atoms with Crippen LogP contribution in [0.1, 0.15) is 13.3 Å². The molecule has 0 aliphatic heterocycles. The first-order valence-electron chi connectivity index (χ1n) is 3.76. The Labute approximate surface area is 73.6 Å². The molecule has 0 saturated carbocycles. The Balaban J connectivity index is 3.02. The van der Waals surface area contributed by atoms with Gasteiger partial charge in [0.15, 0.2) is 0 Å². The molecule has 0 aromatic heterocycles. The third-order valence-electron chi connectivity index (χ3n) is 1.37. The molecule has 1 N–H and O–H groups in total. The number of hydrogen-bond donors (Lipinski definition) is 1. The van der Waals surface area contributed by atoms with Gasteiger partial charge < -0.3 is 10.1 Å². The van der Waals surface area contributed by atoms with E-state index in [0.29, 0.717) is 0 Å². The highest BCUT2D eigenvalue weighted by Crippen LogP contribution is 1.98. The largest absolute Gasteiger partial charge is 0.383 e. The molecule has 0 rings (SSSR count). The van der Waals surface area contributed by atoms with Crippen LogP contribution in [0.4, 0.5) is 0 Å². The number of nitrogens with one attached hydrogen (secondary N) is 1. The van der Waals surface area contributed by atoms with E-state index in [9.17, 15) is 0 Å². The molecule has 0 amide bonds. The minimum Gasteiger partial charge on any atom is -0.383 e. The van der Waals surface area contributed by atoms with Gasteiger partial charge in [-0.2, -0.15) is 0 Å². The maximum Gasteiger partial charge on any atom is 0.0587 e. The monoisotopic (exact) mass is 177 g/mol. The van der Waals surface area contributed by atoms with E-state index >= 15 is 0 Å². The standard InChI is InChI=1S/C8H16ClNO/c1-8(7-9)3-4-10-5-6-11-2/h7,10H,3-6H2,1-2H3. The summed E-state index contributed by atoms with van der Waals surface area (Å²) in [6, 6.07) is 0. The van der Waals surface area contributed by atoms with Gasteiger partial charge in [0.05, 0.1) is 6.61 Å². The van der Waals surface area contributed by atoms with Gasteiger partial charge in [-0.3, -0.25) is 0 Å². The van der Waals surface area contributed by atoms with Crippen molar-refractivity contribution in [2.45, 2.75) is 13.3 Å². The molecular weight excluding hydrogens is 162 g/mol. The minimum atomic E-state index is 0.767. The third kappa shape index (κ3) is 7.85. The molecule has 11 heavy (non-hydrogen) atoms. The van der Waals surface area contributed by atoms with Crippen LogP contribution in [0.25, 0.3) is 0 Å². The molecule has 0 unspecified atom stereocenters. The number of methoxy groups -OCH3 is 1. The van der Waals surface area contributed by atoms with E-state index in [2.05, 4.69) is 5.32 Å². The van der Waals surface area contributed by atoms with Crippen molar-refractivity contribution in [3.05, 3.63) is 11.1 Å². The molecule has 0 spiro atoms. The summed E-state index contributed by atoms with van der Waals surface area (Å²) in [6.45, 7) is 4.67. The van der Waals surface area contributed by atoms with Crippen molar-refractivity contribution in [2.24, 2.45) is 0 Å². The molecule has 0 aromatic rings. The number of ether oxygens (including phenoxy) is 1. The van der Waals surface area contributed by atoms with Crippen molar-refractivity contribution in [3.8, 4) is 0 Å². The molecule has 66 valence electrons. The summed E-state index contributed by atoms with van der Waals surface area (Å²) in [7, 11) is 1.70. The summed E-state index contributed by atoms with van der Waals surface area (Å²) < 4.78 is 4.87. The summed E-state index contributed by atoms with van der Waals surface area (Å²) in [5.74, 6) is 0. The fourth-order valence-electron chi connectivity index (χ4n) is 0.639. The first-order chi connectivity index (χ1) is 5.31. The van der Waals surface area contributed by atoms with Crippen LogP contribution in [0, 0.1) is 0 Å². The Kier molecular flexibility index (Phi) is 8.01. The Morgan fingerprint density at radius 3 is 2.82 bits per heavy atom. The Morgan fingerprint density at radius 2 is 2.27 bits per heavy atom. The van der Waals surface area contributed by atoms with Gasteiger partial charge in [-0.15, -0.1) is 0 Å². The molecule has 0 aliphatic carbocycles. The van der Waals surface area contributed by atoms with Crippen LogP contribution >= 0.6 is 11.6 Å². The molecule has 3 heteroatoms. The topological polar surface area (TPSA) is 21.3 Å². The summed E-state index contributed by atoms with van der Waals surface area (Å²) in [6.07, 6.45) is 1.01. The number of hydrogen-bond acceptors (Lipinski definition) is 2. The van der Waals surface area contributed by atoms with E-state index < -0.39 is 0 Å².